The van der Waals surface area contributed by atoms with Crippen molar-refractivity contribution in [3.05, 3.63) is 0 Å². The predicted molar refractivity (Wildman–Crippen MR) is 77.1 cm³/mol. The third-order valence-electron chi connectivity index (χ3n) is 2.29. The van der Waals surface area contributed by atoms with Gasteiger partial charge >= 0.3 is 0 Å². The summed E-state index contributed by atoms with van der Waals surface area (Å²) in [5, 5.41) is 0. The summed E-state index contributed by atoms with van der Waals surface area (Å²) in [4.78, 5) is 26.9. The van der Waals surface area contributed by atoms with Gasteiger partial charge in [-0.05, 0) is 14.1 Å². The van der Waals surface area contributed by atoms with Crippen LogP contribution >= 0.6 is 0 Å². The van der Waals surface area contributed by atoms with Crippen LogP contribution in [0.3, 0.4) is 0 Å². The van der Waals surface area contributed by atoms with E-state index in [9.17, 15) is 9.59 Å². The second kappa shape index (κ2) is 11.9. The summed E-state index contributed by atoms with van der Waals surface area (Å²) in [6.07, 6.45) is 1.09. The molecule has 0 aliphatic carbocycles. The van der Waals surface area contributed by atoms with Crippen molar-refractivity contribution < 1.29 is 14.3 Å². The Morgan fingerprint density at radius 1 is 0.842 bits per heavy atom. The molecule has 0 spiro atoms. The number of carbonyl (C=O) groups excluding carboxylic acids is 2. The standard InChI is InChI=1S/C7H16N2O.C6H13NO2/c1-8(2)6-5-7(10)9(3)4;1-7(2)6(8)4-5-9-3/h5-6H2,1-4H3;4-5H2,1-3H3. The maximum absolute atomic E-state index is 10.9. The first kappa shape index (κ1) is 20.2. The minimum atomic E-state index is 0.108. The normalized spacial score (nSPS) is 9.68. The molecule has 114 valence electrons. The van der Waals surface area contributed by atoms with Crippen molar-refractivity contribution in [1.82, 2.24) is 14.7 Å². The Morgan fingerprint density at radius 3 is 1.58 bits per heavy atom. The summed E-state index contributed by atoms with van der Waals surface area (Å²) in [6, 6.07) is 0. The van der Waals surface area contributed by atoms with E-state index in [2.05, 4.69) is 0 Å². The minimum Gasteiger partial charge on any atom is -0.384 e. The van der Waals surface area contributed by atoms with Crippen molar-refractivity contribution in [2.45, 2.75) is 12.8 Å². The van der Waals surface area contributed by atoms with Crippen molar-refractivity contribution in [3.63, 3.8) is 0 Å². The third-order valence-corrected chi connectivity index (χ3v) is 2.29. The van der Waals surface area contributed by atoms with Gasteiger partial charge in [0.05, 0.1) is 13.0 Å². The average Bonchev–Trinajstić information content (AvgIpc) is 2.33. The molecule has 0 saturated carbocycles. The molecule has 0 aromatic carbocycles. The Morgan fingerprint density at radius 2 is 1.26 bits per heavy atom. The number of nitrogens with zero attached hydrogens (tertiary/aromatic N) is 3. The van der Waals surface area contributed by atoms with E-state index in [1.807, 2.05) is 19.0 Å². The lowest BCUT2D eigenvalue weighted by Gasteiger charge is -2.12. The second-order valence-electron chi connectivity index (χ2n) is 4.87. The Kier molecular flexibility index (Phi) is 12.7. The highest BCUT2D eigenvalue weighted by atomic mass is 16.5. The van der Waals surface area contributed by atoms with Crippen LogP contribution in [-0.4, -0.2) is 89.1 Å². The smallest absolute Gasteiger partial charge is 0.224 e. The van der Waals surface area contributed by atoms with Gasteiger partial charge in [0, 0.05) is 48.3 Å². The Bertz CT molecular complexity index is 254. The highest BCUT2D eigenvalue weighted by molar-refractivity contribution is 5.75. The van der Waals surface area contributed by atoms with E-state index in [0.717, 1.165) is 6.54 Å². The van der Waals surface area contributed by atoms with Crippen molar-refractivity contribution in [2.24, 2.45) is 0 Å². The van der Waals surface area contributed by atoms with E-state index in [0.29, 0.717) is 19.4 Å². The molecule has 0 unspecified atom stereocenters. The maximum Gasteiger partial charge on any atom is 0.224 e. The number of rotatable bonds is 6. The third kappa shape index (κ3) is 14.8. The minimum absolute atomic E-state index is 0.108. The van der Waals surface area contributed by atoms with E-state index in [1.165, 1.54) is 0 Å². The van der Waals surface area contributed by atoms with Gasteiger partial charge in [-0.2, -0.15) is 0 Å². The molecule has 2 amide bonds. The van der Waals surface area contributed by atoms with Crippen molar-refractivity contribution in [2.75, 3.05) is 62.5 Å². The Labute approximate surface area is 117 Å². The number of amides is 2. The van der Waals surface area contributed by atoms with Crippen molar-refractivity contribution in [3.8, 4) is 0 Å². The van der Waals surface area contributed by atoms with E-state index in [4.69, 9.17) is 4.74 Å². The van der Waals surface area contributed by atoms with Gasteiger partial charge in [0.25, 0.3) is 0 Å². The van der Waals surface area contributed by atoms with E-state index < -0.39 is 0 Å². The Hall–Kier alpha value is -1.14. The quantitative estimate of drug-likeness (QED) is 0.692. The number of methoxy groups -OCH3 is 1. The molecule has 6 nitrogen and oxygen atoms in total. The summed E-state index contributed by atoms with van der Waals surface area (Å²) >= 11 is 0. The van der Waals surface area contributed by atoms with Crippen LogP contribution in [0.15, 0.2) is 0 Å². The summed E-state index contributed by atoms with van der Waals surface area (Å²) in [5.74, 6) is 0.297. The highest BCUT2D eigenvalue weighted by Gasteiger charge is 2.02. The topological polar surface area (TPSA) is 53.1 Å². The molecule has 6 heteroatoms. The van der Waals surface area contributed by atoms with Gasteiger partial charge in [0.1, 0.15) is 0 Å². The van der Waals surface area contributed by atoms with Crippen LogP contribution in [0.25, 0.3) is 0 Å². The van der Waals surface area contributed by atoms with Crippen LogP contribution in [0.2, 0.25) is 0 Å². The molecule has 0 saturated heterocycles. The number of hydrogen-bond donors (Lipinski definition) is 0. The van der Waals surface area contributed by atoms with E-state index in [1.54, 1.807) is 45.1 Å². The number of ether oxygens (including phenoxy) is 1. The first-order valence-electron chi connectivity index (χ1n) is 6.26. The van der Waals surface area contributed by atoms with Gasteiger partial charge in [-0.1, -0.05) is 0 Å². The summed E-state index contributed by atoms with van der Waals surface area (Å²) in [7, 11) is 12.5. The van der Waals surface area contributed by atoms with E-state index >= 15 is 0 Å². The highest BCUT2D eigenvalue weighted by Crippen LogP contribution is 1.88. The number of carbonyl (C=O) groups is 2. The van der Waals surface area contributed by atoms with Crippen LogP contribution in [0.1, 0.15) is 12.8 Å². The molecule has 0 bridgehead atoms. The molecule has 0 radical (unpaired) electrons. The lowest BCUT2D eigenvalue weighted by atomic mass is 10.4. The molecular weight excluding hydrogens is 246 g/mol. The van der Waals surface area contributed by atoms with Crippen LogP contribution < -0.4 is 0 Å². The van der Waals surface area contributed by atoms with Crippen molar-refractivity contribution >= 4 is 11.8 Å². The fourth-order valence-corrected chi connectivity index (χ4v) is 0.956. The fraction of sp³-hybridized carbons (Fsp3) is 0.846. The van der Waals surface area contributed by atoms with Gasteiger partial charge in [-0.25, -0.2) is 0 Å². The molecule has 0 N–H and O–H groups in total. The fourth-order valence-electron chi connectivity index (χ4n) is 0.956. The zero-order chi connectivity index (χ0) is 15.4. The summed E-state index contributed by atoms with van der Waals surface area (Å²) < 4.78 is 4.72. The molecule has 19 heavy (non-hydrogen) atoms. The second-order valence-corrected chi connectivity index (χ2v) is 4.87. The first-order valence-corrected chi connectivity index (χ1v) is 6.26. The monoisotopic (exact) mass is 275 g/mol. The van der Waals surface area contributed by atoms with Crippen LogP contribution in [0.5, 0.6) is 0 Å². The van der Waals surface area contributed by atoms with Crippen LogP contribution in [0, 0.1) is 0 Å². The molecule has 0 atom stereocenters. The summed E-state index contributed by atoms with van der Waals surface area (Å²) in [5.41, 5.74) is 0. The average molecular weight is 275 g/mol. The molecule has 0 aromatic heterocycles. The largest absolute Gasteiger partial charge is 0.384 e. The molecule has 0 aliphatic rings. The van der Waals surface area contributed by atoms with Gasteiger partial charge < -0.3 is 19.4 Å². The lowest BCUT2D eigenvalue weighted by molar-refractivity contribution is -0.130. The molecule has 0 aromatic rings. The molecular formula is C13H29N3O3. The van der Waals surface area contributed by atoms with Gasteiger partial charge in [0.15, 0.2) is 0 Å². The predicted octanol–water partition coefficient (Wildman–Crippen LogP) is 0.137. The molecule has 0 heterocycles. The zero-order valence-electron chi connectivity index (χ0n) is 13.4. The molecule has 0 fully saturated rings. The van der Waals surface area contributed by atoms with Gasteiger partial charge in [0.2, 0.25) is 11.8 Å². The van der Waals surface area contributed by atoms with Crippen LogP contribution in [0.4, 0.5) is 0 Å². The molecule has 0 rings (SSSR count). The van der Waals surface area contributed by atoms with Gasteiger partial charge in [-0.3, -0.25) is 9.59 Å². The van der Waals surface area contributed by atoms with E-state index in [-0.39, 0.29) is 11.8 Å². The SMILES string of the molecule is CN(C)CCC(=O)N(C)C.COCCC(=O)N(C)C. The van der Waals surface area contributed by atoms with Crippen LogP contribution in [-0.2, 0) is 14.3 Å². The zero-order valence-corrected chi connectivity index (χ0v) is 13.4. The van der Waals surface area contributed by atoms with Gasteiger partial charge in [-0.15, -0.1) is 0 Å². The number of hydrogen-bond acceptors (Lipinski definition) is 4. The van der Waals surface area contributed by atoms with Crippen molar-refractivity contribution in [1.29, 1.82) is 0 Å². The lowest BCUT2D eigenvalue weighted by Crippen LogP contribution is -2.26. The Balaban J connectivity index is 0. The maximum atomic E-state index is 10.9. The first-order chi connectivity index (χ1) is 8.72. The molecule has 0 aliphatic heterocycles. The summed E-state index contributed by atoms with van der Waals surface area (Å²) in [6.45, 7) is 1.34.